The van der Waals surface area contributed by atoms with Gasteiger partial charge in [-0.05, 0) is 50.1 Å². The van der Waals surface area contributed by atoms with Crippen molar-refractivity contribution < 1.29 is 9.18 Å². The lowest BCUT2D eigenvalue weighted by molar-refractivity contribution is -0.132. The highest BCUT2D eigenvalue weighted by molar-refractivity contribution is 7.15. The maximum atomic E-state index is 14.0. The van der Waals surface area contributed by atoms with Crippen LogP contribution in [0.5, 0.6) is 0 Å². The summed E-state index contributed by atoms with van der Waals surface area (Å²) in [6.45, 7) is 9.34. The Morgan fingerprint density at radius 1 is 1.00 bits per heavy atom. The normalized spacial score (nSPS) is 14.2. The van der Waals surface area contributed by atoms with Crippen molar-refractivity contribution in [2.75, 3.05) is 26.2 Å². The molecule has 5 aromatic rings. The van der Waals surface area contributed by atoms with E-state index < -0.39 is 0 Å². The third-order valence-electron chi connectivity index (χ3n) is 7.67. The van der Waals surface area contributed by atoms with Gasteiger partial charge in [0.15, 0.2) is 4.96 Å². The maximum Gasteiger partial charge on any atom is 0.268 e. The average Bonchev–Trinajstić information content (AvgIpc) is 3.54. The third-order valence-corrected chi connectivity index (χ3v) is 8.54. The number of aryl methyl sites for hydroxylation is 3. The Morgan fingerprint density at radius 2 is 1.76 bits per heavy atom. The lowest BCUT2D eigenvalue weighted by Crippen LogP contribution is -2.48. The highest BCUT2D eigenvalue weighted by Crippen LogP contribution is 2.25. The van der Waals surface area contributed by atoms with E-state index in [-0.39, 0.29) is 23.7 Å². The van der Waals surface area contributed by atoms with Gasteiger partial charge in [0.1, 0.15) is 11.5 Å². The molecule has 10 heteroatoms. The molecule has 0 spiro atoms. The van der Waals surface area contributed by atoms with Crippen LogP contribution < -0.4 is 5.56 Å². The minimum absolute atomic E-state index is 0.000196. The van der Waals surface area contributed by atoms with Gasteiger partial charge in [-0.3, -0.25) is 18.9 Å². The Bertz CT molecular complexity index is 1800. The van der Waals surface area contributed by atoms with Crippen LogP contribution in [0.4, 0.5) is 4.39 Å². The minimum atomic E-state index is -0.355. The molecule has 8 nitrogen and oxygen atoms in total. The molecule has 1 saturated heterocycles. The summed E-state index contributed by atoms with van der Waals surface area (Å²) in [6, 6.07) is 16.7. The first-order valence-corrected chi connectivity index (χ1v) is 14.5. The molecule has 6 rings (SSSR count). The molecule has 210 valence electrons. The quantitative estimate of drug-likeness (QED) is 0.299. The van der Waals surface area contributed by atoms with E-state index in [1.807, 2.05) is 48.4 Å². The molecular weight excluding hydrogens is 539 g/mol. The number of benzene rings is 2. The topological polar surface area (TPSA) is 75.7 Å². The Balaban J connectivity index is 1.24. The summed E-state index contributed by atoms with van der Waals surface area (Å²) in [5.74, 6) is -0.355. The second-order valence-electron chi connectivity index (χ2n) is 10.6. The lowest BCUT2D eigenvalue weighted by Gasteiger charge is -2.34. The van der Waals surface area contributed by atoms with E-state index in [1.54, 1.807) is 22.1 Å². The van der Waals surface area contributed by atoms with Gasteiger partial charge >= 0.3 is 0 Å². The van der Waals surface area contributed by atoms with E-state index >= 15 is 0 Å². The Kier molecular flexibility index (Phi) is 7.27. The van der Waals surface area contributed by atoms with Crippen molar-refractivity contribution >= 4 is 22.2 Å². The van der Waals surface area contributed by atoms with Gasteiger partial charge in [-0.1, -0.05) is 36.4 Å². The van der Waals surface area contributed by atoms with Gasteiger partial charge in [0.05, 0.1) is 23.4 Å². The lowest BCUT2D eigenvalue weighted by atomic mass is 10.1. The zero-order valence-corrected chi connectivity index (χ0v) is 24.1. The monoisotopic (exact) mass is 570 g/mol. The van der Waals surface area contributed by atoms with E-state index in [0.29, 0.717) is 46.4 Å². The first-order valence-electron chi connectivity index (χ1n) is 13.7. The second-order valence-corrected chi connectivity index (χ2v) is 11.4. The van der Waals surface area contributed by atoms with Gasteiger partial charge in [0, 0.05) is 49.5 Å². The van der Waals surface area contributed by atoms with Gasteiger partial charge in [-0.25, -0.2) is 14.1 Å². The molecule has 0 atom stereocenters. The molecule has 1 fully saturated rings. The number of aromatic nitrogens is 4. The number of nitrogens with zero attached hydrogens (tertiary/aromatic N) is 6. The van der Waals surface area contributed by atoms with Crippen LogP contribution >= 0.6 is 11.3 Å². The van der Waals surface area contributed by atoms with Crippen molar-refractivity contribution in [3.05, 3.63) is 104 Å². The van der Waals surface area contributed by atoms with Crippen LogP contribution in [0.3, 0.4) is 0 Å². The van der Waals surface area contributed by atoms with Crippen molar-refractivity contribution in [2.45, 2.75) is 33.7 Å². The molecule has 0 radical (unpaired) electrons. The van der Waals surface area contributed by atoms with E-state index in [9.17, 15) is 14.0 Å². The van der Waals surface area contributed by atoms with Crippen molar-refractivity contribution in [1.29, 1.82) is 0 Å². The number of halogens is 1. The van der Waals surface area contributed by atoms with E-state index in [4.69, 9.17) is 0 Å². The average molecular weight is 571 g/mol. The van der Waals surface area contributed by atoms with E-state index in [2.05, 4.69) is 27.1 Å². The zero-order chi connectivity index (χ0) is 28.7. The first-order chi connectivity index (χ1) is 19.8. The molecule has 3 aromatic heterocycles. The largest absolute Gasteiger partial charge is 0.340 e. The molecular formula is C31H31FN6O2S. The molecule has 0 bridgehead atoms. The molecule has 4 heterocycles. The number of amides is 1. The van der Waals surface area contributed by atoms with Gasteiger partial charge in [0.25, 0.3) is 5.56 Å². The molecule has 0 saturated carbocycles. The number of carbonyl (C=O) groups excluding carboxylic acids is 1. The number of rotatable bonds is 6. The fraction of sp³-hybridized carbons (Fsp3) is 0.290. The van der Waals surface area contributed by atoms with Crippen LogP contribution in [0, 0.1) is 26.6 Å². The number of piperazine rings is 1. The Labute approximate surface area is 241 Å². The highest BCUT2D eigenvalue weighted by Gasteiger charge is 2.24. The van der Waals surface area contributed by atoms with Crippen LogP contribution in [0.1, 0.15) is 28.2 Å². The summed E-state index contributed by atoms with van der Waals surface area (Å²) in [4.78, 5) is 36.6. The molecule has 0 aliphatic carbocycles. The maximum absolute atomic E-state index is 14.0. The van der Waals surface area contributed by atoms with Crippen LogP contribution in [0.15, 0.2) is 64.8 Å². The summed E-state index contributed by atoms with van der Waals surface area (Å²) in [6.07, 6.45) is 0.124. The van der Waals surface area contributed by atoms with Crippen molar-refractivity contribution in [3.63, 3.8) is 0 Å². The molecule has 0 unspecified atom stereocenters. The van der Waals surface area contributed by atoms with Crippen LogP contribution in [-0.2, 0) is 17.8 Å². The van der Waals surface area contributed by atoms with Crippen molar-refractivity contribution in [1.82, 2.24) is 29.0 Å². The number of carbonyl (C=O) groups is 1. The smallest absolute Gasteiger partial charge is 0.268 e. The van der Waals surface area contributed by atoms with Crippen LogP contribution in [0.2, 0.25) is 0 Å². The molecule has 0 N–H and O–H groups in total. The SMILES string of the molecule is Cc1ccc(F)cc1-n1nc(-c2c(C)nc3scc(CC(=O)N4CCN(Cc5ccccc5)CC4)n3c2=O)cc1C. The zero-order valence-electron chi connectivity index (χ0n) is 23.3. The van der Waals surface area contributed by atoms with E-state index in [0.717, 1.165) is 30.9 Å². The van der Waals surface area contributed by atoms with Gasteiger partial charge in [-0.15, -0.1) is 11.3 Å². The number of hydrogen-bond acceptors (Lipinski definition) is 6. The summed E-state index contributed by atoms with van der Waals surface area (Å²) in [5, 5.41) is 6.53. The summed E-state index contributed by atoms with van der Waals surface area (Å²) >= 11 is 1.35. The second kappa shape index (κ2) is 11.0. The number of hydrogen-bond donors (Lipinski definition) is 0. The van der Waals surface area contributed by atoms with Gasteiger partial charge in [-0.2, -0.15) is 5.10 Å². The summed E-state index contributed by atoms with van der Waals surface area (Å²) < 4.78 is 17.2. The molecule has 1 aliphatic rings. The Hall–Kier alpha value is -4.15. The number of fused-ring (bicyclic) bond motifs is 1. The number of thiazole rings is 1. The molecule has 1 aliphatic heterocycles. The third kappa shape index (κ3) is 5.32. The first kappa shape index (κ1) is 27.0. The molecule has 2 aromatic carbocycles. The van der Waals surface area contributed by atoms with Gasteiger partial charge in [0.2, 0.25) is 5.91 Å². The fourth-order valence-electron chi connectivity index (χ4n) is 5.44. The standard InChI is InChI=1S/C31H31FN6O2S/c1-20-9-10-24(32)16-27(20)38-21(2)15-26(34-38)29-22(3)33-31-37(30(29)40)25(19-41-31)17-28(39)36-13-11-35(12-14-36)18-23-7-5-4-6-8-23/h4-10,15-16,19H,11-14,17-18H2,1-3H3. The predicted molar refractivity (Wildman–Crippen MR) is 158 cm³/mol. The van der Waals surface area contributed by atoms with Crippen LogP contribution in [0.25, 0.3) is 21.9 Å². The van der Waals surface area contributed by atoms with E-state index in [1.165, 1.54) is 29.0 Å². The summed E-state index contributed by atoms with van der Waals surface area (Å²) in [5.41, 5.74) is 5.28. The van der Waals surface area contributed by atoms with Crippen molar-refractivity contribution in [3.8, 4) is 16.9 Å². The Morgan fingerprint density at radius 3 is 2.51 bits per heavy atom. The van der Waals surface area contributed by atoms with Crippen LogP contribution in [-0.4, -0.2) is 61.1 Å². The summed E-state index contributed by atoms with van der Waals surface area (Å²) in [7, 11) is 0. The minimum Gasteiger partial charge on any atom is -0.340 e. The van der Waals surface area contributed by atoms with Crippen molar-refractivity contribution in [2.24, 2.45) is 0 Å². The molecule has 41 heavy (non-hydrogen) atoms. The highest BCUT2D eigenvalue weighted by atomic mass is 32.1. The van der Waals surface area contributed by atoms with Gasteiger partial charge < -0.3 is 4.90 Å². The predicted octanol–water partition coefficient (Wildman–Crippen LogP) is 4.56. The fourth-order valence-corrected chi connectivity index (χ4v) is 6.36. The molecule has 1 amide bonds.